The van der Waals surface area contributed by atoms with Crippen molar-refractivity contribution in [3.05, 3.63) is 29.3 Å². The maximum atomic E-state index is 11.9. The zero-order valence-corrected chi connectivity index (χ0v) is 15.4. The molecule has 0 radical (unpaired) electrons. The van der Waals surface area contributed by atoms with Gasteiger partial charge in [-0.05, 0) is 24.1 Å². The molecule has 0 aromatic heterocycles. The Labute approximate surface area is 147 Å². The van der Waals surface area contributed by atoms with Gasteiger partial charge in [0.15, 0.2) is 6.61 Å². The molecule has 1 amide bonds. The van der Waals surface area contributed by atoms with Gasteiger partial charge in [-0.1, -0.05) is 31.5 Å². The lowest BCUT2D eigenvalue weighted by Crippen LogP contribution is -2.37. The van der Waals surface area contributed by atoms with Gasteiger partial charge in [0.1, 0.15) is 6.54 Å². The van der Waals surface area contributed by atoms with Gasteiger partial charge in [-0.25, -0.2) is 8.42 Å². The van der Waals surface area contributed by atoms with E-state index >= 15 is 0 Å². The molecule has 0 fully saturated rings. The van der Waals surface area contributed by atoms with E-state index in [0.717, 1.165) is 10.6 Å². The SMILES string of the molecule is CC(C)CNC(=O)COC(=O)CN(c1cccc(Cl)c1)S(C)(=O)=O. The Balaban J connectivity index is 2.68. The number of amides is 1. The van der Waals surface area contributed by atoms with Gasteiger partial charge in [-0.3, -0.25) is 13.9 Å². The highest BCUT2D eigenvalue weighted by Gasteiger charge is 2.22. The van der Waals surface area contributed by atoms with Gasteiger partial charge in [-0.15, -0.1) is 0 Å². The number of nitrogens with zero attached hydrogens (tertiary/aromatic N) is 1. The highest BCUT2D eigenvalue weighted by molar-refractivity contribution is 7.92. The summed E-state index contributed by atoms with van der Waals surface area (Å²) in [5.41, 5.74) is 0.242. The van der Waals surface area contributed by atoms with Gasteiger partial charge in [0.2, 0.25) is 10.0 Å². The number of hydrogen-bond acceptors (Lipinski definition) is 5. The molecule has 0 bridgehead atoms. The number of sulfonamides is 1. The van der Waals surface area contributed by atoms with Crippen LogP contribution in [0.5, 0.6) is 0 Å². The molecular weight excluding hydrogens is 356 g/mol. The molecule has 1 rings (SSSR count). The van der Waals surface area contributed by atoms with Crippen LogP contribution < -0.4 is 9.62 Å². The third-order valence-electron chi connectivity index (χ3n) is 2.84. The van der Waals surface area contributed by atoms with Crippen molar-refractivity contribution >= 4 is 39.2 Å². The molecule has 1 aromatic rings. The molecule has 0 saturated heterocycles. The Morgan fingerprint density at radius 3 is 2.54 bits per heavy atom. The van der Waals surface area contributed by atoms with Crippen LogP contribution in [0.4, 0.5) is 5.69 Å². The zero-order chi connectivity index (χ0) is 18.3. The third-order valence-corrected chi connectivity index (χ3v) is 4.22. The van der Waals surface area contributed by atoms with Crippen molar-refractivity contribution in [2.75, 3.05) is 30.3 Å². The first-order chi connectivity index (χ1) is 11.1. The lowest BCUT2D eigenvalue weighted by atomic mass is 10.2. The molecule has 0 heterocycles. The van der Waals surface area contributed by atoms with Crippen LogP contribution in [0.15, 0.2) is 24.3 Å². The number of carbonyl (C=O) groups excluding carboxylic acids is 2. The first-order valence-electron chi connectivity index (χ1n) is 7.25. The monoisotopic (exact) mass is 376 g/mol. The van der Waals surface area contributed by atoms with E-state index in [9.17, 15) is 18.0 Å². The van der Waals surface area contributed by atoms with Crippen molar-refractivity contribution in [2.24, 2.45) is 5.92 Å². The molecule has 1 N–H and O–H groups in total. The summed E-state index contributed by atoms with van der Waals surface area (Å²) in [6.45, 7) is 3.33. The van der Waals surface area contributed by atoms with Crippen LogP contribution in [0.2, 0.25) is 5.02 Å². The fraction of sp³-hybridized carbons (Fsp3) is 0.467. The molecule has 7 nitrogen and oxygen atoms in total. The standard InChI is InChI=1S/C15H21ClN2O5S/c1-11(2)8-17-14(19)10-23-15(20)9-18(24(3,21)22)13-6-4-5-12(16)7-13/h4-7,11H,8-10H2,1-3H3,(H,17,19). The van der Waals surface area contributed by atoms with E-state index in [1.807, 2.05) is 13.8 Å². The summed E-state index contributed by atoms with van der Waals surface area (Å²) in [4.78, 5) is 23.4. The molecule has 0 aliphatic rings. The van der Waals surface area contributed by atoms with Crippen LogP contribution in [0.25, 0.3) is 0 Å². The normalized spacial score (nSPS) is 11.2. The predicted molar refractivity (Wildman–Crippen MR) is 92.4 cm³/mol. The summed E-state index contributed by atoms with van der Waals surface area (Å²) >= 11 is 5.85. The second-order valence-corrected chi connectivity index (χ2v) is 7.95. The maximum Gasteiger partial charge on any atom is 0.327 e. The van der Waals surface area contributed by atoms with E-state index in [2.05, 4.69) is 5.32 Å². The highest BCUT2D eigenvalue weighted by atomic mass is 35.5. The fourth-order valence-electron chi connectivity index (χ4n) is 1.71. The molecular formula is C15H21ClN2O5S. The number of nitrogens with one attached hydrogen (secondary N) is 1. The van der Waals surface area contributed by atoms with Crippen molar-refractivity contribution in [1.82, 2.24) is 5.32 Å². The van der Waals surface area contributed by atoms with Crippen molar-refractivity contribution in [1.29, 1.82) is 0 Å². The van der Waals surface area contributed by atoms with E-state index in [0.29, 0.717) is 11.6 Å². The first-order valence-corrected chi connectivity index (χ1v) is 9.48. The van der Waals surface area contributed by atoms with E-state index in [-0.39, 0.29) is 11.6 Å². The molecule has 134 valence electrons. The number of rotatable bonds is 8. The van der Waals surface area contributed by atoms with Gasteiger partial charge in [-0.2, -0.15) is 0 Å². The number of carbonyl (C=O) groups is 2. The largest absolute Gasteiger partial charge is 0.454 e. The first kappa shape index (κ1) is 20.2. The van der Waals surface area contributed by atoms with Gasteiger partial charge in [0, 0.05) is 11.6 Å². The molecule has 9 heteroatoms. The van der Waals surface area contributed by atoms with Crippen LogP contribution in [-0.2, 0) is 24.3 Å². The summed E-state index contributed by atoms with van der Waals surface area (Å²) in [6.07, 6.45) is 0.969. The van der Waals surface area contributed by atoms with E-state index in [4.69, 9.17) is 16.3 Å². The van der Waals surface area contributed by atoms with Gasteiger partial charge >= 0.3 is 5.97 Å². The predicted octanol–water partition coefficient (Wildman–Crippen LogP) is 1.42. The van der Waals surface area contributed by atoms with Gasteiger partial charge < -0.3 is 10.1 Å². The number of ether oxygens (including phenoxy) is 1. The second kappa shape index (κ2) is 8.89. The topological polar surface area (TPSA) is 92.8 Å². The lowest BCUT2D eigenvalue weighted by Gasteiger charge is -2.21. The third kappa shape index (κ3) is 7.18. The summed E-state index contributed by atoms with van der Waals surface area (Å²) in [6, 6.07) is 6.09. The van der Waals surface area contributed by atoms with Crippen LogP contribution in [0.3, 0.4) is 0 Å². The summed E-state index contributed by atoms with van der Waals surface area (Å²) in [5, 5.41) is 2.93. The molecule has 0 spiro atoms. The van der Waals surface area contributed by atoms with E-state index < -0.39 is 35.1 Å². The smallest absolute Gasteiger partial charge is 0.327 e. The average Bonchev–Trinajstić information content (AvgIpc) is 2.47. The van der Waals surface area contributed by atoms with E-state index in [1.54, 1.807) is 12.1 Å². The number of anilines is 1. The molecule has 0 aliphatic carbocycles. The van der Waals surface area contributed by atoms with E-state index in [1.165, 1.54) is 12.1 Å². The molecule has 0 aliphatic heterocycles. The van der Waals surface area contributed by atoms with Crippen LogP contribution >= 0.6 is 11.6 Å². The Kier molecular flexibility index (Phi) is 7.50. The minimum atomic E-state index is -3.72. The van der Waals surface area contributed by atoms with Crippen molar-refractivity contribution in [3.63, 3.8) is 0 Å². The number of halogens is 1. The van der Waals surface area contributed by atoms with Crippen molar-refractivity contribution in [2.45, 2.75) is 13.8 Å². The second-order valence-electron chi connectivity index (χ2n) is 5.61. The zero-order valence-electron chi connectivity index (χ0n) is 13.8. The number of esters is 1. The minimum absolute atomic E-state index is 0.242. The van der Waals surface area contributed by atoms with Gasteiger partial charge in [0.05, 0.1) is 11.9 Å². The minimum Gasteiger partial charge on any atom is -0.454 e. The number of benzene rings is 1. The van der Waals surface area contributed by atoms with Crippen molar-refractivity contribution in [3.8, 4) is 0 Å². The highest BCUT2D eigenvalue weighted by Crippen LogP contribution is 2.21. The van der Waals surface area contributed by atoms with Crippen LogP contribution in [-0.4, -0.2) is 46.2 Å². The average molecular weight is 377 g/mol. The lowest BCUT2D eigenvalue weighted by molar-refractivity contribution is -0.147. The van der Waals surface area contributed by atoms with Crippen molar-refractivity contribution < 1.29 is 22.7 Å². The Morgan fingerprint density at radius 2 is 2.00 bits per heavy atom. The molecule has 0 saturated carbocycles. The molecule has 24 heavy (non-hydrogen) atoms. The molecule has 0 atom stereocenters. The summed E-state index contributed by atoms with van der Waals surface area (Å²) in [5.74, 6) is -1.00. The Morgan fingerprint density at radius 1 is 1.33 bits per heavy atom. The quantitative estimate of drug-likeness (QED) is 0.692. The molecule has 0 unspecified atom stereocenters. The Bertz CT molecular complexity index is 691. The Hall–Kier alpha value is -1.80. The summed E-state index contributed by atoms with van der Waals surface area (Å²) < 4.78 is 29.5. The summed E-state index contributed by atoms with van der Waals surface area (Å²) in [7, 11) is -3.72. The van der Waals surface area contributed by atoms with Crippen LogP contribution in [0, 0.1) is 5.92 Å². The van der Waals surface area contributed by atoms with Gasteiger partial charge in [0.25, 0.3) is 5.91 Å². The maximum absolute atomic E-state index is 11.9. The number of hydrogen-bond donors (Lipinski definition) is 1. The fourth-order valence-corrected chi connectivity index (χ4v) is 2.73. The van der Waals surface area contributed by atoms with Crippen LogP contribution in [0.1, 0.15) is 13.8 Å². The molecule has 1 aromatic carbocycles.